The molecular formula is C22H27ClN2. The Morgan fingerprint density at radius 2 is 1.76 bits per heavy atom. The Morgan fingerprint density at radius 3 is 2.48 bits per heavy atom. The fourth-order valence-corrected chi connectivity index (χ4v) is 3.53. The molecule has 1 aromatic heterocycles. The molecule has 0 bridgehead atoms. The van der Waals surface area contributed by atoms with Gasteiger partial charge in [-0.3, -0.25) is 0 Å². The van der Waals surface area contributed by atoms with Gasteiger partial charge in [0, 0.05) is 21.6 Å². The first-order valence-corrected chi connectivity index (χ1v) is 9.70. The average Bonchev–Trinajstić information content (AvgIpc) is 2.99. The predicted octanol–water partition coefficient (Wildman–Crippen LogP) is 6.11. The van der Waals surface area contributed by atoms with E-state index in [-0.39, 0.29) is 0 Å². The van der Waals surface area contributed by atoms with Gasteiger partial charge in [0.2, 0.25) is 0 Å². The molecular weight excluding hydrogens is 328 g/mol. The Bertz CT molecular complexity index is 818. The van der Waals surface area contributed by atoms with Crippen LogP contribution >= 0.6 is 11.6 Å². The molecule has 3 N–H and O–H groups in total. The Balaban J connectivity index is 2.04. The quantitative estimate of drug-likeness (QED) is 0.470. The van der Waals surface area contributed by atoms with Crippen molar-refractivity contribution < 1.29 is 0 Å². The molecule has 3 aromatic rings. The van der Waals surface area contributed by atoms with Crippen molar-refractivity contribution >= 4 is 22.5 Å². The van der Waals surface area contributed by atoms with Gasteiger partial charge in [-0.2, -0.15) is 0 Å². The van der Waals surface area contributed by atoms with Gasteiger partial charge in [0.15, 0.2) is 0 Å². The summed E-state index contributed by atoms with van der Waals surface area (Å²) in [4.78, 5) is 3.64. The Kier molecular flexibility index (Phi) is 6.17. The van der Waals surface area contributed by atoms with Gasteiger partial charge in [-0.25, -0.2) is 0 Å². The van der Waals surface area contributed by atoms with E-state index in [0.29, 0.717) is 0 Å². The number of halogens is 1. The number of rotatable bonds is 8. The van der Waals surface area contributed by atoms with Crippen LogP contribution in [0.3, 0.4) is 0 Å². The first kappa shape index (κ1) is 18.0. The largest absolute Gasteiger partial charge is 0.354 e. The van der Waals surface area contributed by atoms with Crippen LogP contribution in [0.25, 0.3) is 22.2 Å². The smallest absolute Gasteiger partial charge is 0.0497 e. The molecule has 0 saturated heterocycles. The van der Waals surface area contributed by atoms with E-state index in [1.54, 1.807) is 0 Å². The van der Waals surface area contributed by atoms with E-state index in [9.17, 15) is 0 Å². The molecule has 0 saturated carbocycles. The maximum atomic E-state index is 6.07. The maximum Gasteiger partial charge on any atom is 0.0497 e. The van der Waals surface area contributed by atoms with Crippen molar-refractivity contribution in [3.05, 3.63) is 58.6 Å². The minimum atomic E-state index is 0.750. The van der Waals surface area contributed by atoms with Gasteiger partial charge in [-0.15, -0.1) is 0 Å². The molecule has 2 aromatic carbocycles. The lowest BCUT2D eigenvalue weighted by molar-refractivity contribution is 0.748. The monoisotopic (exact) mass is 354 g/mol. The number of aromatic nitrogens is 1. The topological polar surface area (TPSA) is 41.8 Å². The Labute approximate surface area is 155 Å². The lowest BCUT2D eigenvalue weighted by Gasteiger charge is -2.06. The summed E-state index contributed by atoms with van der Waals surface area (Å²) in [5, 5.41) is 2.13. The number of hydrogen-bond donors (Lipinski definition) is 2. The fourth-order valence-electron chi connectivity index (χ4n) is 3.40. The summed E-state index contributed by atoms with van der Waals surface area (Å²) in [7, 11) is 0. The molecule has 3 rings (SSSR count). The van der Waals surface area contributed by atoms with E-state index >= 15 is 0 Å². The first-order chi connectivity index (χ1) is 12.2. The van der Waals surface area contributed by atoms with Gasteiger partial charge in [0.1, 0.15) is 0 Å². The molecule has 0 unspecified atom stereocenters. The molecule has 132 valence electrons. The summed E-state index contributed by atoms with van der Waals surface area (Å²) >= 11 is 6.07. The number of aryl methyl sites for hydroxylation is 2. The van der Waals surface area contributed by atoms with Gasteiger partial charge in [-0.05, 0) is 79.6 Å². The standard InChI is InChI=1S/C22H27ClN2/c1-2-3-6-16-8-13-21-20(15-16)19(7-4-5-14-24)22(25-21)17-9-11-18(23)12-10-17/h8-13,15,25H,2-7,14,24H2,1H3. The molecule has 0 aliphatic heterocycles. The van der Waals surface area contributed by atoms with E-state index in [1.165, 1.54) is 46.1 Å². The number of nitrogens with one attached hydrogen (secondary N) is 1. The Hall–Kier alpha value is -1.77. The van der Waals surface area contributed by atoms with Crippen LogP contribution in [-0.2, 0) is 12.8 Å². The normalized spacial score (nSPS) is 11.3. The fraction of sp³-hybridized carbons (Fsp3) is 0.364. The predicted molar refractivity (Wildman–Crippen MR) is 109 cm³/mol. The van der Waals surface area contributed by atoms with Crippen molar-refractivity contribution in [3.8, 4) is 11.3 Å². The molecule has 1 heterocycles. The number of nitrogens with two attached hydrogens (primary N) is 1. The third-order valence-electron chi connectivity index (χ3n) is 4.80. The van der Waals surface area contributed by atoms with E-state index < -0.39 is 0 Å². The zero-order chi connectivity index (χ0) is 17.6. The number of hydrogen-bond acceptors (Lipinski definition) is 1. The van der Waals surface area contributed by atoms with E-state index in [0.717, 1.165) is 37.3 Å². The molecule has 0 aliphatic rings. The summed E-state index contributed by atoms with van der Waals surface area (Å²) < 4.78 is 0. The molecule has 0 radical (unpaired) electrons. The molecule has 25 heavy (non-hydrogen) atoms. The molecule has 0 spiro atoms. The van der Waals surface area contributed by atoms with Crippen molar-refractivity contribution in [3.63, 3.8) is 0 Å². The number of fused-ring (bicyclic) bond motifs is 1. The van der Waals surface area contributed by atoms with Gasteiger partial charge in [-0.1, -0.05) is 43.1 Å². The lowest BCUT2D eigenvalue weighted by atomic mass is 9.98. The van der Waals surface area contributed by atoms with E-state index in [1.807, 2.05) is 12.1 Å². The van der Waals surface area contributed by atoms with Crippen LogP contribution in [0.5, 0.6) is 0 Å². The highest BCUT2D eigenvalue weighted by Gasteiger charge is 2.13. The van der Waals surface area contributed by atoms with Crippen molar-refractivity contribution in [2.75, 3.05) is 6.54 Å². The lowest BCUT2D eigenvalue weighted by Crippen LogP contribution is -1.99. The van der Waals surface area contributed by atoms with Crippen molar-refractivity contribution in [1.82, 2.24) is 4.98 Å². The van der Waals surface area contributed by atoms with E-state index in [4.69, 9.17) is 17.3 Å². The van der Waals surface area contributed by atoms with Crippen LogP contribution in [0.2, 0.25) is 5.02 Å². The summed E-state index contributed by atoms with van der Waals surface area (Å²) in [6.07, 6.45) is 6.83. The van der Waals surface area contributed by atoms with Crippen molar-refractivity contribution in [1.29, 1.82) is 0 Å². The second-order valence-corrected chi connectivity index (χ2v) is 7.15. The van der Waals surface area contributed by atoms with Crippen molar-refractivity contribution in [2.24, 2.45) is 5.73 Å². The second-order valence-electron chi connectivity index (χ2n) is 6.71. The highest BCUT2D eigenvalue weighted by Crippen LogP contribution is 2.33. The zero-order valence-corrected chi connectivity index (χ0v) is 15.7. The molecule has 0 amide bonds. The van der Waals surface area contributed by atoms with Gasteiger partial charge in [0.25, 0.3) is 0 Å². The second kappa shape index (κ2) is 8.55. The third-order valence-corrected chi connectivity index (χ3v) is 5.06. The van der Waals surface area contributed by atoms with Crippen LogP contribution in [0.4, 0.5) is 0 Å². The maximum absolute atomic E-state index is 6.07. The SMILES string of the molecule is CCCCc1ccc2[nH]c(-c3ccc(Cl)cc3)c(CCCCN)c2c1. The minimum Gasteiger partial charge on any atom is -0.354 e. The minimum absolute atomic E-state index is 0.750. The summed E-state index contributed by atoms with van der Waals surface area (Å²) in [6.45, 7) is 2.99. The third kappa shape index (κ3) is 4.26. The van der Waals surface area contributed by atoms with Gasteiger partial charge >= 0.3 is 0 Å². The van der Waals surface area contributed by atoms with Crippen LogP contribution in [0, 0.1) is 0 Å². The highest BCUT2D eigenvalue weighted by molar-refractivity contribution is 6.30. The zero-order valence-electron chi connectivity index (χ0n) is 14.9. The van der Waals surface area contributed by atoms with Crippen LogP contribution in [0.1, 0.15) is 43.7 Å². The molecule has 0 fully saturated rings. The molecule has 0 atom stereocenters. The summed E-state index contributed by atoms with van der Waals surface area (Å²) in [5.41, 5.74) is 12.2. The van der Waals surface area contributed by atoms with Crippen LogP contribution in [0.15, 0.2) is 42.5 Å². The summed E-state index contributed by atoms with van der Waals surface area (Å²) in [5.74, 6) is 0. The van der Waals surface area contributed by atoms with Gasteiger partial charge < -0.3 is 10.7 Å². The number of aromatic amines is 1. The number of unbranched alkanes of at least 4 members (excludes halogenated alkanes) is 2. The molecule has 2 nitrogen and oxygen atoms in total. The average molecular weight is 355 g/mol. The number of benzene rings is 2. The first-order valence-electron chi connectivity index (χ1n) is 9.32. The van der Waals surface area contributed by atoms with Gasteiger partial charge in [0.05, 0.1) is 0 Å². The molecule has 3 heteroatoms. The van der Waals surface area contributed by atoms with E-state index in [2.05, 4.69) is 42.2 Å². The number of H-pyrrole nitrogens is 1. The molecule has 0 aliphatic carbocycles. The van der Waals surface area contributed by atoms with Crippen LogP contribution in [-0.4, -0.2) is 11.5 Å². The summed E-state index contributed by atoms with van der Waals surface area (Å²) in [6, 6.07) is 15.0. The highest BCUT2D eigenvalue weighted by atomic mass is 35.5. The van der Waals surface area contributed by atoms with Crippen molar-refractivity contribution in [2.45, 2.75) is 45.4 Å². The van der Waals surface area contributed by atoms with Crippen LogP contribution < -0.4 is 5.73 Å². The Morgan fingerprint density at radius 1 is 0.960 bits per heavy atom.